The van der Waals surface area contributed by atoms with Gasteiger partial charge in [0.25, 0.3) is 0 Å². The number of ether oxygens (including phenoxy) is 2. The number of methoxy groups -OCH3 is 1. The van der Waals surface area contributed by atoms with Gasteiger partial charge >= 0.3 is 0 Å². The van der Waals surface area contributed by atoms with Gasteiger partial charge in [-0.1, -0.05) is 26.0 Å². The van der Waals surface area contributed by atoms with Gasteiger partial charge in [-0.2, -0.15) is 0 Å². The Balaban J connectivity index is 2.62. The summed E-state index contributed by atoms with van der Waals surface area (Å²) in [4.78, 5) is 0. The fourth-order valence-electron chi connectivity index (χ4n) is 1.96. The molecule has 1 aromatic carbocycles. The highest BCUT2D eigenvalue weighted by molar-refractivity contribution is 5.39. The molecule has 0 amide bonds. The summed E-state index contributed by atoms with van der Waals surface area (Å²) >= 11 is 0. The normalized spacial score (nSPS) is 11.7. The van der Waals surface area contributed by atoms with E-state index >= 15 is 0 Å². The maximum atomic E-state index is 9.50. The lowest BCUT2D eigenvalue weighted by Gasteiger charge is -2.33. The Morgan fingerprint density at radius 2 is 1.68 bits per heavy atom. The SMILES string of the molecule is COc1ccccc1OCCC(CO)(CO)C(C)C. The second-order valence-electron chi connectivity index (χ2n) is 5.08. The number of hydrogen-bond acceptors (Lipinski definition) is 4. The van der Waals surface area contributed by atoms with E-state index in [4.69, 9.17) is 9.47 Å². The molecular weight excluding hydrogens is 244 g/mol. The van der Waals surface area contributed by atoms with Crippen molar-refractivity contribution in [3.63, 3.8) is 0 Å². The average molecular weight is 268 g/mol. The Hall–Kier alpha value is -1.26. The summed E-state index contributed by atoms with van der Waals surface area (Å²) in [5.74, 6) is 1.55. The standard InChI is InChI=1S/C15H24O4/c1-12(2)15(10-16,11-17)8-9-19-14-7-5-4-6-13(14)18-3/h4-7,12,16-17H,8-11H2,1-3H3. The lowest BCUT2D eigenvalue weighted by Crippen LogP contribution is -2.37. The first kappa shape index (κ1) is 15.8. The van der Waals surface area contributed by atoms with Crippen LogP contribution in [-0.2, 0) is 0 Å². The molecule has 4 heteroatoms. The van der Waals surface area contributed by atoms with Crippen molar-refractivity contribution in [1.82, 2.24) is 0 Å². The first-order valence-electron chi connectivity index (χ1n) is 6.57. The number of aliphatic hydroxyl groups is 2. The molecule has 0 heterocycles. The van der Waals surface area contributed by atoms with Gasteiger partial charge in [-0.25, -0.2) is 0 Å². The second-order valence-corrected chi connectivity index (χ2v) is 5.08. The topological polar surface area (TPSA) is 58.9 Å². The molecule has 0 aliphatic rings. The Kier molecular flexibility index (Phi) is 6.12. The van der Waals surface area contributed by atoms with Crippen LogP contribution in [0.2, 0.25) is 0 Å². The number of benzene rings is 1. The summed E-state index contributed by atoms with van der Waals surface area (Å²) in [5.41, 5.74) is -0.498. The fraction of sp³-hybridized carbons (Fsp3) is 0.600. The van der Waals surface area contributed by atoms with Gasteiger partial charge in [0.15, 0.2) is 11.5 Å². The summed E-state index contributed by atoms with van der Waals surface area (Å²) in [5, 5.41) is 19.0. The first-order valence-corrected chi connectivity index (χ1v) is 6.57. The third kappa shape index (κ3) is 3.85. The first-order chi connectivity index (χ1) is 9.09. The quantitative estimate of drug-likeness (QED) is 0.758. The maximum Gasteiger partial charge on any atom is 0.161 e. The van der Waals surface area contributed by atoms with Crippen LogP contribution in [0.4, 0.5) is 0 Å². The lowest BCUT2D eigenvalue weighted by molar-refractivity contribution is -0.000962. The highest BCUT2D eigenvalue weighted by atomic mass is 16.5. The molecule has 1 rings (SSSR count). The van der Waals surface area contributed by atoms with Gasteiger partial charge in [0.05, 0.1) is 26.9 Å². The van der Waals surface area contributed by atoms with E-state index in [-0.39, 0.29) is 19.1 Å². The smallest absolute Gasteiger partial charge is 0.161 e. The van der Waals surface area contributed by atoms with E-state index in [9.17, 15) is 10.2 Å². The third-order valence-corrected chi connectivity index (χ3v) is 3.78. The molecule has 0 aliphatic heterocycles. The van der Waals surface area contributed by atoms with Crippen molar-refractivity contribution in [2.75, 3.05) is 26.9 Å². The molecule has 0 atom stereocenters. The molecule has 0 saturated carbocycles. The van der Waals surface area contributed by atoms with E-state index in [1.54, 1.807) is 7.11 Å². The summed E-state index contributed by atoms with van der Waals surface area (Å²) in [7, 11) is 1.60. The van der Waals surface area contributed by atoms with Crippen LogP contribution in [0.1, 0.15) is 20.3 Å². The monoisotopic (exact) mass is 268 g/mol. The summed E-state index contributed by atoms with van der Waals surface area (Å²) < 4.78 is 10.9. The molecule has 0 aromatic heterocycles. The molecular formula is C15H24O4. The van der Waals surface area contributed by atoms with E-state index in [1.165, 1.54) is 0 Å². The zero-order valence-electron chi connectivity index (χ0n) is 11.9. The van der Waals surface area contributed by atoms with Crippen molar-refractivity contribution < 1.29 is 19.7 Å². The second kappa shape index (κ2) is 7.36. The predicted octanol–water partition coefficient (Wildman–Crippen LogP) is 2.09. The Morgan fingerprint density at radius 1 is 1.11 bits per heavy atom. The van der Waals surface area contributed by atoms with E-state index < -0.39 is 5.41 Å². The minimum Gasteiger partial charge on any atom is -0.493 e. The molecule has 19 heavy (non-hydrogen) atoms. The lowest BCUT2D eigenvalue weighted by atomic mass is 9.76. The minimum absolute atomic E-state index is 0.0452. The zero-order chi connectivity index (χ0) is 14.3. The van der Waals surface area contributed by atoms with Crippen LogP contribution >= 0.6 is 0 Å². The van der Waals surface area contributed by atoms with Crippen molar-refractivity contribution in [1.29, 1.82) is 0 Å². The number of hydrogen-bond donors (Lipinski definition) is 2. The molecule has 2 N–H and O–H groups in total. The summed E-state index contributed by atoms with van der Waals surface area (Å²) in [6.07, 6.45) is 0.593. The number of aliphatic hydroxyl groups excluding tert-OH is 2. The van der Waals surface area contributed by atoms with Crippen molar-refractivity contribution in [2.45, 2.75) is 20.3 Å². The van der Waals surface area contributed by atoms with Crippen LogP contribution in [0.3, 0.4) is 0 Å². The molecule has 4 nitrogen and oxygen atoms in total. The molecule has 0 unspecified atom stereocenters. The average Bonchev–Trinajstić information content (AvgIpc) is 2.44. The molecule has 0 saturated heterocycles. The molecule has 0 spiro atoms. The van der Waals surface area contributed by atoms with Crippen molar-refractivity contribution in [3.8, 4) is 11.5 Å². The van der Waals surface area contributed by atoms with E-state index in [1.807, 2.05) is 38.1 Å². The zero-order valence-corrected chi connectivity index (χ0v) is 11.9. The molecule has 0 aliphatic carbocycles. The molecule has 0 bridgehead atoms. The van der Waals surface area contributed by atoms with Gasteiger partial charge in [-0.3, -0.25) is 0 Å². The van der Waals surface area contributed by atoms with E-state index in [0.29, 0.717) is 24.5 Å². The molecule has 1 aromatic rings. The maximum absolute atomic E-state index is 9.50. The Bertz CT molecular complexity index is 372. The highest BCUT2D eigenvalue weighted by Crippen LogP contribution is 2.32. The van der Waals surface area contributed by atoms with Crippen LogP contribution in [0.15, 0.2) is 24.3 Å². The van der Waals surface area contributed by atoms with E-state index in [0.717, 1.165) is 0 Å². The Labute approximate surface area is 115 Å². The number of para-hydroxylation sites is 2. The largest absolute Gasteiger partial charge is 0.493 e. The summed E-state index contributed by atoms with van der Waals surface area (Å²) in [6, 6.07) is 7.44. The fourth-order valence-corrected chi connectivity index (χ4v) is 1.96. The number of rotatable bonds is 8. The molecule has 0 radical (unpaired) electrons. The van der Waals surface area contributed by atoms with Crippen LogP contribution in [0, 0.1) is 11.3 Å². The minimum atomic E-state index is -0.498. The summed E-state index contributed by atoms with van der Waals surface area (Å²) in [6.45, 7) is 4.33. The molecule has 108 valence electrons. The molecule has 0 fully saturated rings. The third-order valence-electron chi connectivity index (χ3n) is 3.78. The van der Waals surface area contributed by atoms with Crippen LogP contribution < -0.4 is 9.47 Å². The van der Waals surface area contributed by atoms with Gasteiger partial charge in [0.2, 0.25) is 0 Å². The van der Waals surface area contributed by atoms with E-state index in [2.05, 4.69) is 0 Å². The van der Waals surface area contributed by atoms with Gasteiger partial charge in [0.1, 0.15) is 0 Å². The predicted molar refractivity (Wildman–Crippen MR) is 74.5 cm³/mol. The Morgan fingerprint density at radius 3 is 2.16 bits per heavy atom. The van der Waals surface area contributed by atoms with Crippen molar-refractivity contribution in [3.05, 3.63) is 24.3 Å². The van der Waals surface area contributed by atoms with Gasteiger partial charge in [-0.15, -0.1) is 0 Å². The van der Waals surface area contributed by atoms with Crippen LogP contribution in [-0.4, -0.2) is 37.1 Å². The van der Waals surface area contributed by atoms with Gasteiger partial charge in [0, 0.05) is 5.41 Å². The van der Waals surface area contributed by atoms with Crippen LogP contribution in [0.25, 0.3) is 0 Å². The van der Waals surface area contributed by atoms with Gasteiger partial charge < -0.3 is 19.7 Å². The van der Waals surface area contributed by atoms with Crippen LogP contribution in [0.5, 0.6) is 11.5 Å². The van der Waals surface area contributed by atoms with Gasteiger partial charge in [-0.05, 0) is 24.5 Å². The van der Waals surface area contributed by atoms with Crippen molar-refractivity contribution >= 4 is 0 Å². The van der Waals surface area contributed by atoms with Crippen molar-refractivity contribution in [2.24, 2.45) is 11.3 Å². The highest BCUT2D eigenvalue weighted by Gasteiger charge is 2.32.